The Hall–Kier alpha value is -2.21. The van der Waals surface area contributed by atoms with Gasteiger partial charge in [0, 0.05) is 37.4 Å². The van der Waals surface area contributed by atoms with Crippen LogP contribution in [0, 0.1) is 5.82 Å². The first-order valence-corrected chi connectivity index (χ1v) is 8.72. The molecule has 25 heavy (non-hydrogen) atoms. The van der Waals surface area contributed by atoms with E-state index in [9.17, 15) is 14.3 Å². The van der Waals surface area contributed by atoms with Gasteiger partial charge in [0.1, 0.15) is 11.6 Å². The highest BCUT2D eigenvalue weighted by molar-refractivity contribution is 5.82. The Labute approximate surface area is 147 Å². The fourth-order valence-electron chi connectivity index (χ4n) is 3.40. The van der Waals surface area contributed by atoms with Crippen LogP contribution < -0.4 is 0 Å². The van der Waals surface area contributed by atoms with Crippen molar-refractivity contribution < 1.29 is 14.3 Å². The van der Waals surface area contributed by atoms with Gasteiger partial charge in [-0.15, -0.1) is 0 Å². The Balaban J connectivity index is 1.62. The molecule has 0 aliphatic carbocycles. The lowest BCUT2D eigenvalue weighted by atomic mass is 9.95. The van der Waals surface area contributed by atoms with Gasteiger partial charge in [-0.25, -0.2) is 9.37 Å². The maximum atomic E-state index is 13.0. The number of hydrogen-bond donors (Lipinski definition) is 1. The number of piperidine rings is 1. The molecule has 1 aliphatic rings. The van der Waals surface area contributed by atoms with Crippen LogP contribution in [-0.2, 0) is 4.79 Å². The summed E-state index contributed by atoms with van der Waals surface area (Å²) in [6, 6.07) is 5.76. The zero-order valence-electron chi connectivity index (χ0n) is 14.6. The van der Waals surface area contributed by atoms with E-state index in [1.807, 2.05) is 12.4 Å². The minimum Gasteiger partial charge on any atom is -0.378 e. The Kier molecular flexibility index (Phi) is 5.18. The van der Waals surface area contributed by atoms with E-state index in [4.69, 9.17) is 0 Å². The summed E-state index contributed by atoms with van der Waals surface area (Å²) in [5.41, 5.74) is 0.420. The average molecular weight is 345 g/mol. The second-order valence-electron chi connectivity index (χ2n) is 6.84. The Bertz CT molecular complexity index is 719. The Morgan fingerprint density at radius 1 is 1.24 bits per heavy atom. The molecule has 0 spiro atoms. The van der Waals surface area contributed by atoms with Crippen molar-refractivity contribution in [3.05, 3.63) is 53.9 Å². The molecular formula is C19H24FN3O2. The molecule has 0 bridgehead atoms. The van der Waals surface area contributed by atoms with Crippen LogP contribution in [0.3, 0.4) is 0 Å². The van der Waals surface area contributed by atoms with Crippen molar-refractivity contribution in [2.45, 2.75) is 44.8 Å². The molecule has 2 heterocycles. The number of carbonyl (C=O) groups is 1. The molecule has 2 aromatic rings. The lowest BCUT2D eigenvalue weighted by Crippen LogP contribution is -2.41. The summed E-state index contributed by atoms with van der Waals surface area (Å²) < 4.78 is 15.2. The van der Waals surface area contributed by atoms with E-state index in [-0.39, 0.29) is 11.7 Å². The lowest BCUT2D eigenvalue weighted by Gasteiger charge is -2.33. The summed E-state index contributed by atoms with van der Waals surface area (Å²) in [7, 11) is 0. The molecule has 0 saturated carbocycles. The average Bonchev–Trinajstić information content (AvgIpc) is 3.11. The number of aliphatic hydroxyl groups is 1. The summed E-state index contributed by atoms with van der Waals surface area (Å²) in [6.07, 6.45) is 4.23. The van der Waals surface area contributed by atoms with Crippen LogP contribution in [0.4, 0.5) is 4.39 Å². The second kappa shape index (κ2) is 7.35. The van der Waals surface area contributed by atoms with Gasteiger partial charge in [-0.2, -0.15) is 0 Å². The minimum atomic E-state index is -1.24. The maximum Gasteiger partial charge on any atom is 0.256 e. The van der Waals surface area contributed by atoms with Gasteiger partial charge in [0.05, 0.1) is 0 Å². The van der Waals surface area contributed by atoms with Gasteiger partial charge < -0.3 is 14.6 Å². The summed E-state index contributed by atoms with van der Waals surface area (Å²) in [5.74, 6) is 0.688. The predicted molar refractivity (Wildman–Crippen MR) is 92.5 cm³/mol. The number of carbonyl (C=O) groups excluding carboxylic acids is 1. The van der Waals surface area contributed by atoms with E-state index in [0.717, 1.165) is 18.7 Å². The molecule has 1 fully saturated rings. The number of likely N-dealkylation sites (tertiary alicyclic amines) is 1. The van der Waals surface area contributed by atoms with Crippen molar-refractivity contribution in [3.63, 3.8) is 0 Å². The van der Waals surface area contributed by atoms with Gasteiger partial charge >= 0.3 is 0 Å². The second-order valence-corrected chi connectivity index (χ2v) is 6.84. The first-order chi connectivity index (χ1) is 12.0. The first-order valence-electron chi connectivity index (χ1n) is 8.72. The topological polar surface area (TPSA) is 58.4 Å². The van der Waals surface area contributed by atoms with Crippen molar-refractivity contribution in [3.8, 4) is 0 Å². The van der Waals surface area contributed by atoms with E-state index < -0.39 is 6.10 Å². The molecule has 1 N–H and O–H groups in total. The number of hydrogen-bond acceptors (Lipinski definition) is 3. The Morgan fingerprint density at radius 2 is 1.88 bits per heavy atom. The predicted octanol–water partition coefficient (Wildman–Crippen LogP) is 3.04. The number of nitrogens with zero attached hydrogens (tertiary/aromatic N) is 3. The minimum absolute atomic E-state index is 0.322. The maximum absolute atomic E-state index is 13.0. The van der Waals surface area contributed by atoms with Crippen molar-refractivity contribution in [1.29, 1.82) is 0 Å². The van der Waals surface area contributed by atoms with E-state index in [1.165, 1.54) is 24.3 Å². The van der Waals surface area contributed by atoms with Crippen LogP contribution in [0.15, 0.2) is 36.7 Å². The van der Waals surface area contributed by atoms with Gasteiger partial charge in [-0.3, -0.25) is 4.79 Å². The van der Waals surface area contributed by atoms with Gasteiger partial charge in [0.2, 0.25) is 0 Å². The number of benzene rings is 1. The van der Waals surface area contributed by atoms with Gasteiger partial charge in [-0.05, 0) is 44.4 Å². The molecule has 1 atom stereocenters. The molecule has 134 valence electrons. The van der Waals surface area contributed by atoms with E-state index in [0.29, 0.717) is 30.6 Å². The van der Waals surface area contributed by atoms with Gasteiger partial charge in [-0.1, -0.05) is 12.1 Å². The van der Waals surface area contributed by atoms with Crippen LogP contribution >= 0.6 is 0 Å². The number of aliphatic hydroxyl groups excluding tert-OH is 1. The van der Waals surface area contributed by atoms with Gasteiger partial charge in [0.15, 0.2) is 6.10 Å². The Morgan fingerprint density at radius 3 is 2.48 bits per heavy atom. The molecule has 0 radical (unpaired) electrons. The van der Waals surface area contributed by atoms with Crippen LogP contribution in [0.2, 0.25) is 0 Å². The van der Waals surface area contributed by atoms with Crippen LogP contribution in [0.5, 0.6) is 0 Å². The smallest absolute Gasteiger partial charge is 0.256 e. The van der Waals surface area contributed by atoms with Crippen LogP contribution in [0.25, 0.3) is 0 Å². The zero-order chi connectivity index (χ0) is 18.0. The molecule has 1 amide bonds. The van der Waals surface area contributed by atoms with E-state index in [1.54, 1.807) is 4.90 Å². The number of imidazole rings is 1. The van der Waals surface area contributed by atoms with Crippen LogP contribution in [0.1, 0.15) is 56.1 Å². The van der Waals surface area contributed by atoms with Crippen molar-refractivity contribution in [1.82, 2.24) is 14.5 Å². The van der Waals surface area contributed by atoms with Crippen molar-refractivity contribution in [2.24, 2.45) is 0 Å². The standard InChI is InChI=1S/C19H24FN3O2/c1-13(2)23-12-9-21-18(23)15-7-10-22(11-8-15)19(25)17(24)14-3-5-16(20)6-4-14/h3-6,9,12-13,15,17,24H,7-8,10-11H2,1-2H3/t17-/m0/s1. The normalized spacial score (nSPS) is 17.1. The molecule has 1 aliphatic heterocycles. The summed E-state index contributed by atoms with van der Waals surface area (Å²) in [5, 5.41) is 10.3. The molecule has 5 nitrogen and oxygen atoms in total. The summed E-state index contributed by atoms with van der Waals surface area (Å²) in [6.45, 7) is 5.44. The van der Waals surface area contributed by atoms with Crippen LogP contribution in [-0.4, -0.2) is 38.6 Å². The SMILES string of the molecule is CC(C)n1ccnc1C1CCN(C(=O)[C@@H](O)c2ccc(F)cc2)CC1. The van der Waals surface area contributed by atoms with Crippen molar-refractivity contribution in [2.75, 3.05) is 13.1 Å². The fraction of sp³-hybridized carbons (Fsp3) is 0.474. The van der Waals surface area contributed by atoms with Gasteiger partial charge in [0.25, 0.3) is 5.91 Å². The molecule has 6 heteroatoms. The number of rotatable bonds is 4. The largest absolute Gasteiger partial charge is 0.378 e. The molecular weight excluding hydrogens is 321 g/mol. The van der Waals surface area contributed by atoms with E-state index in [2.05, 4.69) is 23.4 Å². The number of aromatic nitrogens is 2. The molecule has 0 unspecified atom stereocenters. The number of amides is 1. The molecule has 1 saturated heterocycles. The molecule has 1 aromatic heterocycles. The van der Waals surface area contributed by atoms with Crippen molar-refractivity contribution >= 4 is 5.91 Å². The highest BCUT2D eigenvalue weighted by atomic mass is 19.1. The third-order valence-electron chi connectivity index (χ3n) is 4.85. The monoisotopic (exact) mass is 345 g/mol. The lowest BCUT2D eigenvalue weighted by molar-refractivity contribution is -0.141. The summed E-state index contributed by atoms with van der Waals surface area (Å²) >= 11 is 0. The quantitative estimate of drug-likeness (QED) is 0.927. The third kappa shape index (κ3) is 3.74. The number of halogens is 1. The highest BCUT2D eigenvalue weighted by Gasteiger charge is 2.30. The summed E-state index contributed by atoms with van der Waals surface area (Å²) in [4.78, 5) is 18.7. The molecule has 3 rings (SSSR count). The highest BCUT2D eigenvalue weighted by Crippen LogP contribution is 2.29. The van der Waals surface area contributed by atoms with E-state index >= 15 is 0 Å². The third-order valence-corrected chi connectivity index (χ3v) is 4.85. The fourth-order valence-corrected chi connectivity index (χ4v) is 3.40. The first kappa shape index (κ1) is 17.6. The zero-order valence-corrected chi connectivity index (χ0v) is 14.6. The molecule has 1 aromatic carbocycles.